The average Bonchev–Trinajstić information content (AvgIpc) is 3.17. The number of thiol groups is 1. The third kappa shape index (κ3) is 6.94. The maximum Gasteiger partial charge on any atom is 0.328 e. The summed E-state index contributed by atoms with van der Waals surface area (Å²) < 4.78 is 0. The highest BCUT2D eigenvalue weighted by Crippen LogP contribution is 2.18. The van der Waals surface area contributed by atoms with Gasteiger partial charge in [0.05, 0.1) is 12.1 Å². The van der Waals surface area contributed by atoms with Gasteiger partial charge in [-0.15, -0.1) is 0 Å². The number of carboxylic acid groups (broad SMARTS) is 1. The van der Waals surface area contributed by atoms with E-state index in [-0.39, 0.29) is 12.2 Å². The van der Waals surface area contributed by atoms with Crippen LogP contribution >= 0.6 is 12.6 Å². The zero-order valence-electron chi connectivity index (χ0n) is 18.2. The van der Waals surface area contributed by atoms with Gasteiger partial charge in [0.2, 0.25) is 17.7 Å². The van der Waals surface area contributed by atoms with Crippen molar-refractivity contribution in [3.63, 3.8) is 0 Å². The van der Waals surface area contributed by atoms with Crippen LogP contribution in [-0.4, -0.2) is 74.9 Å². The Bertz CT molecular complexity index is 1010. The lowest BCUT2D eigenvalue weighted by Gasteiger charge is -2.23. The summed E-state index contributed by atoms with van der Waals surface area (Å²) in [6, 6.07) is 2.93. The molecule has 2 aromatic rings. The molecule has 0 radical (unpaired) electrons. The molecular formula is C21H29N5O6S. The van der Waals surface area contributed by atoms with Crippen LogP contribution in [0.3, 0.4) is 0 Å². The molecule has 2 rings (SSSR count). The molecule has 0 aliphatic carbocycles. The molecule has 11 nitrogen and oxygen atoms in total. The molecule has 180 valence electrons. The number of carbonyl (C=O) groups is 4. The van der Waals surface area contributed by atoms with E-state index in [0.29, 0.717) is 0 Å². The predicted octanol–water partition coefficient (Wildman–Crippen LogP) is -1.09. The summed E-state index contributed by atoms with van der Waals surface area (Å²) in [6.07, 6.45) is 0.683. The minimum atomic E-state index is -1.54. The molecule has 1 aromatic carbocycles. The Labute approximate surface area is 195 Å². The highest BCUT2D eigenvalue weighted by molar-refractivity contribution is 7.80. The lowest BCUT2D eigenvalue weighted by molar-refractivity contribution is -0.145. The number of H-pyrrole nitrogens is 1. The number of aliphatic hydroxyl groups is 1. The van der Waals surface area contributed by atoms with Crippen LogP contribution in [-0.2, 0) is 25.6 Å². The Kier molecular flexibility index (Phi) is 9.26. The first-order valence-electron chi connectivity index (χ1n) is 10.3. The number of aromatic amines is 1. The molecule has 33 heavy (non-hydrogen) atoms. The normalized spacial score (nSPS) is 15.7. The molecule has 1 aromatic heterocycles. The first kappa shape index (κ1) is 26.2. The van der Waals surface area contributed by atoms with Crippen LogP contribution < -0.4 is 21.7 Å². The maximum atomic E-state index is 12.5. The van der Waals surface area contributed by atoms with Crippen LogP contribution in [0.4, 0.5) is 0 Å². The van der Waals surface area contributed by atoms with E-state index < -0.39 is 54.0 Å². The van der Waals surface area contributed by atoms with E-state index in [1.807, 2.05) is 24.3 Å². The van der Waals surface area contributed by atoms with Crippen molar-refractivity contribution in [3.05, 3.63) is 36.0 Å². The van der Waals surface area contributed by atoms with E-state index in [9.17, 15) is 24.3 Å². The molecule has 0 saturated carbocycles. The summed E-state index contributed by atoms with van der Waals surface area (Å²) in [7, 11) is 0. The predicted molar refractivity (Wildman–Crippen MR) is 125 cm³/mol. The van der Waals surface area contributed by atoms with Gasteiger partial charge < -0.3 is 36.9 Å². The number of rotatable bonds is 11. The molecular weight excluding hydrogens is 450 g/mol. The van der Waals surface area contributed by atoms with E-state index in [2.05, 4.69) is 33.6 Å². The number of carbonyl (C=O) groups excluding carboxylic acids is 3. The summed E-state index contributed by atoms with van der Waals surface area (Å²) in [4.78, 5) is 51.5. The van der Waals surface area contributed by atoms with Crippen molar-refractivity contribution in [1.82, 2.24) is 20.9 Å². The molecule has 8 N–H and O–H groups in total. The highest BCUT2D eigenvalue weighted by Gasteiger charge is 2.30. The van der Waals surface area contributed by atoms with Crippen LogP contribution in [0.5, 0.6) is 0 Å². The fourth-order valence-electron chi connectivity index (χ4n) is 3.15. The number of carboxylic acids is 1. The monoisotopic (exact) mass is 479 g/mol. The molecule has 0 aliphatic rings. The van der Waals surface area contributed by atoms with Crippen molar-refractivity contribution in [2.45, 2.75) is 50.5 Å². The van der Waals surface area contributed by atoms with Crippen molar-refractivity contribution in [2.75, 3.05) is 5.75 Å². The van der Waals surface area contributed by atoms with Gasteiger partial charge in [0.1, 0.15) is 12.1 Å². The van der Waals surface area contributed by atoms with E-state index >= 15 is 0 Å². The van der Waals surface area contributed by atoms with Crippen LogP contribution in [0.2, 0.25) is 0 Å². The Balaban J connectivity index is 1.92. The second-order valence-electron chi connectivity index (χ2n) is 7.71. The van der Waals surface area contributed by atoms with Gasteiger partial charge in [-0.3, -0.25) is 14.4 Å². The van der Waals surface area contributed by atoms with Crippen LogP contribution in [0.15, 0.2) is 30.5 Å². The third-order valence-corrected chi connectivity index (χ3v) is 5.43. The highest BCUT2D eigenvalue weighted by atomic mass is 32.1. The van der Waals surface area contributed by atoms with Crippen molar-refractivity contribution < 1.29 is 29.4 Å². The van der Waals surface area contributed by atoms with Gasteiger partial charge in [0.25, 0.3) is 0 Å². The quantitative estimate of drug-likeness (QED) is 0.188. The van der Waals surface area contributed by atoms with Gasteiger partial charge in [-0.1, -0.05) is 18.2 Å². The maximum absolute atomic E-state index is 12.5. The fraction of sp³-hybridized carbons (Fsp3) is 0.429. The van der Waals surface area contributed by atoms with Crippen molar-refractivity contribution >= 4 is 47.2 Å². The molecule has 5 atom stereocenters. The number of para-hydroxylation sites is 1. The zero-order valence-corrected chi connectivity index (χ0v) is 19.1. The molecule has 0 fully saturated rings. The minimum absolute atomic E-state index is 0.134. The van der Waals surface area contributed by atoms with E-state index in [1.54, 1.807) is 6.20 Å². The SMILES string of the molecule is C[C@H](NC(=O)[C@@H](N)Cc1c[nH]c2ccccc12)C(=O)N[C@@H](CS)C(=O)N[C@H](C(=O)O)[C@@H](C)O. The van der Waals surface area contributed by atoms with Crippen molar-refractivity contribution in [3.8, 4) is 0 Å². The second kappa shape index (κ2) is 11.7. The molecule has 0 bridgehead atoms. The molecule has 0 unspecified atom stereocenters. The Morgan fingerprint density at radius 3 is 2.33 bits per heavy atom. The summed E-state index contributed by atoms with van der Waals surface area (Å²) >= 11 is 4.01. The number of fused-ring (bicyclic) bond motifs is 1. The summed E-state index contributed by atoms with van der Waals surface area (Å²) in [5.41, 5.74) is 7.81. The average molecular weight is 480 g/mol. The first-order valence-corrected chi connectivity index (χ1v) is 10.9. The molecule has 0 spiro atoms. The number of hydrogen-bond acceptors (Lipinski definition) is 7. The van der Waals surface area contributed by atoms with Gasteiger partial charge in [0.15, 0.2) is 6.04 Å². The van der Waals surface area contributed by atoms with Gasteiger partial charge in [-0.2, -0.15) is 12.6 Å². The number of hydrogen-bond donors (Lipinski definition) is 8. The number of aromatic nitrogens is 1. The number of aliphatic carboxylic acids is 1. The van der Waals surface area contributed by atoms with Crippen molar-refractivity contribution in [1.29, 1.82) is 0 Å². The topological polar surface area (TPSA) is 187 Å². The molecule has 12 heteroatoms. The summed E-state index contributed by atoms with van der Waals surface area (Å²) in [6.45, 7) is 2.64. The largest absolute Gasteiger partial charge is 0.480 e. The molecule has 0 saturated heterocycles. The van der Waals surface area contributed by atoms with Crippen LogP contribution in [0.1, 0.15) is 19.4 Å². The van der Waals surface area contributed by atoms with Crippen LogP contribution in [0, 0.1) is 0 Å². The zero-order chi connectivity index (χ0) is 24.7. The number of nitrogens with two attached hydrogens (primary N) is 1. The van der Waals surface area contributed by atoms with Gasteiger partial charge in [0, 0.05) is 22.9 Å². The van der Waals surface area contributed by atoms with Gasteiger partial charge in [-0.25, -0.2) is 4.79 Å². The summed E-state index contributed by atoms with van der Waals surface area (Å²) in [5.74, 6) is -3.62. The lowest BCUT2D eigenvalue weighted by Crippen LogP contribution is -2.58. The number of aliphatic hydroxyl groups excluding tert-OH is 1. The third-order valence-electron chi connectivity index (χ3n) is 5.07. The fourth-order valence-corrected chi connectivity index (χ4v) is 3.41. The second-order valence-corrected chi connectivity index (χ2v) is 8.07. The molecule has 0 aliphatic heterocycles. The van der Waals surface area contributed by atoms with Gasteiger partial charge in [-0.05, 0) is 31.9 Å². The van der Waals surface area contributed by atoms with Gasteiger partial charge >= 0.3 is 5.97 Å². The molecule has 1 heterocycles. The van der Waals surface area contributed by atoms with E-state index in [0.717, 1.165) is 16.5 Å². The van der Waals surface area contributed by atoms with E-state index in [1.165, 1.54) is 13.8 Å². The summed E-state index contributed by atoms with van der Waals surface area (Å²) in [5, 5.41) is 26.6. The molecule has 3 amide bonds. The van der Waals surface area contributed by atoms with Crippen LogP contribution in [0.25, 0.3) is 10.9 Å². The lowest BCUT2D eigenvalue weighted by atomic mass is 10.0. The minimum Gasteiger partial charge on any atom is -0.480 e. The Morgan fingerprint density at radius 2 is 1.73 bits per heavy atom. The van der Waals surface area contributed by atoms with Crippen molar-refractivity contribution in [2.24, 2.45) is 5.73 Å². The Hall–Kier alpha value is -3.09. The standard InChI is InChI=1S/C21H29N5O6S/c1-10(18(28)25-16(9-33)20(30)26-17(11(2)27)21(31)32)24-19(29)14(22)7-12-8-23-15-6-4-3-5-13(12)15/h3-6,8,10-11,14,16-17,23,27,33H,7,9,22H2,1-2H3,(H,24,29)(H,25,28)(H,26,30)(H,31,32)/t10-,11+,14-,16-,17-/m0/s1. The van der Waals surface area contributed by atoms with E-state index in [4.69, 9.17) is 10.8 Å². The first-order chi connectivity index (χ1) is 15.5. The number of amides is 3. The number of nitrogens with one attached hydrogen (secondary N) is 4. The number of benzene rings is 1. The Morgan fingerprint density at radius 1 is 1.06 bits per heavy atom. The smallest absolute Gasteiger partial charge is 0.328 e.